The van der Waals surface area contributed by atoms with Gasteiger partial charge in [-0.05, 0) is 37.1 Å². The van der Waals surface area contributed by atoms with Crippen molar-refractivity contribution < 1.29 is 13.9 Å². The summed E-state index contributed by atoms with van der Waals surface area (Å²) in [5.41, 5.74) is 1.01. The van der Waals surface area contributed by atoms with Gasteiger partial charge in [0.25, 0.3) is 0 Å². The van der Waals surface area contributed by atoms with Gasteiger partial charge in [-0.25, -0.2) is 0 Å². The fourth-order valence-corrected chi connectivity index (χ4v) is 3.76. The lowest BCUT2D eigenvalue weighted by Crippen LogP contribution is -2.44. The molecular weight excluding hydrogens is 318 g/mol. The summed E-state index contributed by atoms with van der Waals surface area (Å²) in [7, 11) is 0. The Hall–Kier alpha value is -2.18. The van der Waals surface area contributed by atoms with Crippen LogP contribution in [0.2, 0.25) is 0 Å². The Labute approximate surface area is 147 Å². The lowest BCUT2D eigenvalue weighted by atomic mass is 9.99. The minimum Gasteiger partial charge on any atom is -0.465 e. The zero-order valence-corrected chi connectivity index (χ0v) is 14.4. The highest BCUT2D eigenvalue weighted by atomic mass is 16.5. The van der Waals surface area contributed by atoms with E-state index in [0.717, 1.165) is 43.1 Å². The Morgan fingerprint density at radius 3 is 3.04 bits per heavy atom. The molecule has 0 saturated carbocycles. The second-order valence-corrected chi connectivity index (χ2v) is 6.92. The number of fused-ring (bicyclic) bond motifs is 2. The highest BCUT2D eigenvalue weighted by Crippen LogP contribution is 2.32. The van der Waals surface area contributed by atoms with Gasteiger partial charge in [-0.1, -0.05) is 6.07 Å². The van der Waals surface area contributed by atoms with Crippen LogP contribution in [0.25, 0.3) is 0 Å². The summed E-state index contributed by atoms with van der Waals surface area (Å²) in [6.07, 6.45) is 4.38. The zero-order chi connectivity index (χ0) is 17.2. The Bertz CT molecular complexity index is 731. The minimum absolute atomic E-state index is 0.0382. The van der Waals surface area contributed by atoms with Crippen LogP contribution in [0.3, 0.4) is 0 Å². The molecule has 2 aromatic rings. The number of hydrogen-bond acceptors (Lipinski definition) is 5. The quantitative estimate of drug-likeness (QED) is 0.899. The number of carbonyl (C=O) groups is 1. The summed E-state index contributed by atoms with van der Waals surface area (Å²) in [4.78, 5) is 19.0. The van der Waals surface area contributed by atoms with Crippen molar-refractivity contribution in [2.24, 2.45) is 5.92 Å². The van der Waals surface area contributed by atoms with Gasteiger partial charge in [0.2, 0.25) is 5.91 Å². The number of likely N-dealkylation sites (tertiary alicyclic amines) is 1. The molecule has 4 rings (SSSR count). The maximum absolute atomic E-state index is 12.6. The number of amides is 1. The van der Waals surface area contributed by atoms with Gasteiger partial charge < -0.3 is 14.5 Å². The van der Waals surface area contributed by atoms with E-state index in [-0.39, 0.29) is 24.0 Å². The lowest BCUT2D eigenvalue weighted by Gasteiger charge is -2.32. The first-order valence-corrected chi connectivity index (χ1v) is 8.77. The van der Waals surface area contributed by atoms with Crippen molar-refractivity contribution in [1.29, 1.82) is 0 Å². The molecule has 2 aromatic heterocycles. The molecule has 0 spiro atoms. The smallest absolute Gasteiger partial charge is 0.226 e. The average molecular weight is 341 g/mol. The molecule has 132 valence electrons. The molecule has 2 fully saturated rings. The van der Waals surface area contributed by atoms with Crippen LogP contribution in [-0.4, -0.2) is 41.1 Å². The van der Waals surface area contributed by atoms with Crippen LogP contribution in [0.5, 0.6) is 0 Å². The van der Waals surface area contributed by atoms with Crippen LogP contribution in [0.15, 0.2) is 41.1 Å². The van der Waals surface area contributed by atoms with E-state index in [1.54, 1.807) is 12.4 Å². The molecule has 6 nitrogen and oxygen atoms in total. The van der Waals surface area contributed by atoms with Crippen molar-refractivity contribution in [3.63, 3.8) is 0 Å². The van der Waals surface area contributed by atoms with Gasteiger partial charge in [-0.2, -0.15) is 0 Å². The number of rotatable bonds is 5. The first-order chi connectivity index (χ1) is 12.2. The minimum atomic E-state index is -0.0787. The van der Waals surface area contributed by atoms with E-state index < -0.39 is 0 Å². The van der Waals surface area contributed by atoms with Gasteiger partial charge in [-0.3, -0.25) is 14.7 Å². The standard InChI is InChI=1S/C19H23N3O3/c1-13-4-5-15(24-13)10-22-11-16-7-17(18(12-22)25-16)19(23)21-9-14-3-2-6-20-8-14/h2-6,8,16-18H,7,9-12H2,1H3,(H,21,23)/t16-,17+,18-/m0/s1. The molecule has 2 saturated heterocycles. The van der Waals surface area contributed by atoms with Crippen molar-refractivity contribution >= 4 is 5.91 Å². The fraction of sp³-hybridized carbons (Fsp3) is 0.474. The molecule has 25 heavy (non-hydrogen) atoms. The van der Waals surface area contributed by atoms with Gasteiger partial charge in [0.1, 0.15) is 11.5 Å². The van der Waals surface area contributed by atoms with Gasteiger partial charge in [0.15, 0.2) is 0 Å². The van der Waals surface area contributed by atoms with Crippen LogP contribution >= 0.6 is 0 Å². The first-order valence-electron chi connectivity index (χ1n) is 8.77. The predicted octanol–water partition coefficient (Wildman–Crippen LogP) is 1.89. The summed E-state index contributed by atoms with van der Waals surface area (Å²) in [6, 6.07) is 7.84. The van der Waals surface area contributed by atoms with Crippen molar-refractivity contribution in [2.75, 3.05) is 13.1 Å². The summed E-state index contributed by atoms with van der Waals surface area (Å²) >= 11 is 0. The number of ether oxygens (including phenoxy) is 1. The van der Waals surface area contributed by atoms with Crippen LogP contribution < -0.4 is 5.32 Å². The molecule has 2 aliphatic rings. The summed E-state index contributed by atoms with van der Waals surface area (Å²) in [5.74, 6) is 1.90. The van der Waals surface area contributed by atoms with E-state index in [1.807, 2.05) is 31.2 Å². The Morgan fingerprint density at radius 1 is 1.36 bits per heavy atom. The van der Waals surface area contributed by atoms with Gasteiger partial charge >= 0.3 is 0 Å². The van der Waals surface area contributed by atoms with Crippen LogP contribution in [0, 0.1) is 12.8 Å². The number of morpholine rings is 1. The van der Waals surface area contributed by atoms with Crippen LogP contribution in [0.4, 0.5) is 0 Å². The number of nitrogens with one attached hydrogen (secondary N) is 1. The molecule has 6 heteroatoms. The van der Waals surface area contributed by atoms with E-state index in [4.69, 9.17) is 9.15 Å². The van der Waals surface area contributed by atoms with Crippen molar-refractivity contribution in [2.45, 2.75) is 38.6 Å². The Morgan fingerprint density at radius 2 is 2.28 bits per heavy atom. The third-order valence-corrected chi connectivity index (χ3v) is 4.93. The molecule has 0 radical (unpaired) electrons. The predicted molar refractivity (Wildman–Crippen MR) is 91.6 cm³/mol. The monoisotopic (exact) mass is 341 g/mol. The van der Waals surface area contributed by atoms with E-state index in [9.17, 15) is 4.79 Å². The van der Waals surface area contributed by atoms with E-state index in [1.165, 1.54) is 0 Å². The van der Waals surface area contributed by atoms with Crippen LogP contribution in [0.1, 0.15) is 23.5 Å². The molecule has 2 aliphatic heterocycles. The van der Waals surface area contributed by atoms with Crippen molar-refractivity contribution in [1.82, 2.24) is 15.2 Å². The molecule has 0 aromatic carbocycles. The number of carbonyl (C=O) groups excluding carboxylic acids is 1. The number of hydrogen-bond donors (Lipinski definition) is 1. The number of aryl methyl sites for hydroxylation is 1. The number of pyridine rings is 1. The van der Waals surface area contributed by atoms with E-state index in [0.29, 0.717) is 6.54 Å². The third kappa shape index (κ3) is 3.75. The SMILES string of the molecule is Cc1ccc(CN2C[C@@H]3C[C@@H](C(=O)NCc4cccnc4)[C@H](C2)O3)o1. The largest absolute Gasteiger partial charge is 0.465 e. The molecule has 2 bridgehead atoms. The molecule has 0 aliphatic carbocycles. The maximum atomic E-state index is 12.6. The Balaban J connectivity index is 1.33. The molecule has 3 atom stereocenters. The number of furan rings is 1. The summed E-state index contributed by atoms with van der Waals surface area (Å²) < 4.78 is 11.7. The van der Waals surface area contributed by atoms with Crippen LogP contribution in [-0.2, 0) is 22.6 Å². The maximum Gasteiger partial charge on any atom is 0.226 e. The normalized spacial score (nSPS) is 25.9. The molecule has 1 N–H and O–H groups in total. The highest BCUT2D eigenvalue weighted by molar-refractivity contribution is 5.79. The van der Waals surface area contributed by atoms with E-state index in [2.05, 4.69) is 15.2 Å². The van der Waals surface area contributed by atoms with Gasteiger partial charge in [0.05, 0.1) is 24.7 Å². The van der Waals surface area contributed by atoms with Crippen molar-refractivity contribution in [3.8, 4) is 0 Å². The molecular formula is C19H23N3O3. The second-order valence-electron chi connectivity index (χ2n) is 6.92. The zero-order valence-electron chi connectivity index (χ0n) is 14.4. The number of aromatic nitrogens is 1. The fourth-order valence-electron chi connectivity index (χ4n) is 3.76. The Kier molecular flexibility index (Phi) is 4.55. The van der Waals surface area contributed by atoms with Gasteiger partial charge in [-0.15, -0.1) is 0 Å². The molecule has 1 amide bonds. The van der Waals surface area contributed by atoms with Crippen molar-refractivity contribution in [3.05, 3.63) is 53.7 Å². The van der Waals surface area contributed by atoms with Gasteiger partial charge in [0, 0.05) is 32.0 Å². The first kappa shape index (κ1) is 16.3. The lowest BCUT2D eigenvalue weighted by molar-refractivity contribution is -0.128. The summed E-state index contributed by atoms with van der Waals surface area (Å²) in [6.45, 7) is 4.85. The highest BCUT2D eigenvalue weighted by Gasteiger charge is 2.44. The van der Waals surface area contributed by atoms with E-state index >= 15 is 0 Å². The molecule has 4 heterocycles. The summed E-state index contributed by atoms with van der Waals surface area (Å²) in [5, 5.41) is 3.03. The second kappa shape index (κ2) is 6.98. The number of nitrogens with zero attached hydrogens (tertiary/aromatic N) is 2. The average Bonchev–Trinajstić information content (AvgIpc) is 3.16. The topological polar surface area (TPSA) is 67.6 Å². The third-order valence-electron chi connectivity index (χ3n) is 4.93. The molecule has 0 unspecified atom stereocenters.